The third kappa shape index (κ3) is 5.62. The molecule has 7 heteroatoms. The van der Waals surface area contributed by atoms with Crippen LogP contribution in [-0.4, -0.2) is 64.3 Å². The van der Waals surface area contributed by atoms with Crippen LogP contribution in [-0.2, 0) is 9.59 Å². The van der Waals surface area contributed by atoms with Gasteiger partial charge in [0, 0.05) is 24.0 Å². The number of benzene rings is 1. The van der Waals surface area contributed by atoms with Gasteiger partial charge in [-0.25, -0.2) is 0 Å². The highest BCUT2D eigenvalue weighted by Crippen LogP contribution is 2.31. The molecule has 1 fully saturated rings. The molecule has 1 heterocycles. The average Bonchev–Trinajstić information content (AvgIpc) is 2.61. The van der Waals surface area contributed by atoms with Crippen molar-refractivity contribution >= 4 is 35.2 Å². The van der Waals surface area contributed by atoms with Crippen LogP contribution in [0.25, 0.3) is 0 Å². The summed E-state index contributed by atoms with van der Waals surface area (Å²) in [5.41, 5.74) is 0. The van der Waals surface area contributed by atoms with Gasteiger partial charge in [-0.05, 0) is 38.4 Å². The first-order valence-electron chi connectivity index (χ1n) is 8.58. The van der Waals surface area contributed by atoms with Gasteiger partial charge in [-0.2, -0.15) is 0 Å². The van der Waals surface area contributed by atoms with E-state index in [1.165, 1.54) is 11.8 Å². The maximum Gasteiger partial charge on any atom is 0.317 e. The van der Waals surface area contributed by atoms with Gasteiger partial charge in [0.1, 0.15) is 0 Å². The van der Waals surface area contributed by atoms with Crippen molar-refractivity contribution in [1.29, 1.82) is 0 Å². The van der Waals surface area contributed by atoms with Crippen LogP contribution in [0.3, 0.4) is 0 Å². The van der Waals surface area contributed by atoms with Crippen molar-refractivity contribution in [2.75, 3.05) is 26.2 Å². The molecule has 5 nitrogen and oxygen atoms in total. The van der Waals surface area contributed by atoms with E-state index >= 15 is 0 Å². The first kappa shape index (κ1) is 20.1. The lowest BCUT2D eigenvalue weighted by atomic mass is 10.0. The smallest absolute Gasteiger partial charge is 0.317 e. The Bertz CT molecular complexity index is 606. The predicted octanol–water partition coefficient (Wildman–Crippen LogP) is 3.22. The van der Waals surface area contributed by atoms with Gasteiger partial charge in [0.15, 0.2) is 0 Å². The minimum atomic E-state index is -0.801. The molecule has 1 aromatic carbocycles. The molecule has 0 radical (unpaired) electrons. The van der Waals surface area contributed by atoms with Gasteiger partial charge < -0.3 is 10.0 Å². The third-order valence-corrected chi connectivity index (χ3v) is 6.13. The highest BCUT2D eigenvalue weighted by atomic mass is 35.5. The molecule has 0 spiro atoms. The molecule has 0 bridgehead atoms. The first-order valence-corrected chi connectivity index (χ1v) is 9.84. The van der Waals surface area contributed by atoms with Gasteiger partial charge >= 0.3 is 5.97 Å². The summed E-state index contributed by atoms with van der Waals surface area (Å²) in [6, 6.07) is 7.78. The summed E-state index contributed by atoms with van der Waals surface area (Å²) in [6.07, 6.45) is 1.63. The Hall–Kier alpha value is -1.24. The average molecular weight is 385 g/mol. The van der Waals surface area contributed by atoms with Crippen LogP contribution in [0.4, 0.5) is 0 Å². The van der Waals surface area contributed by atoms with E-state index in [-0.39, 0.29) is 23.7 Å². The minimum absolute atomic E-state index is 0.0634. The lowest BCUT2D eigenvalue weighted by molar-refractivity contribution is -0.140. The highest BCUT2D eigenvalue weighted by molar-refractivity contribution is 8.00. The molecular formula is C18H25ClN2O3S. The minimum Gasteiger partial charge on any atom is -0.480 e. The maximum absolute atomic E-state index is 12.7. The lowest BCUT2D eigenvalue weighted by Gasteiger charge is -2.38. The predicted molar refractivity (Wildman–Crippen MR) is 101 cm³/mol. The number of carboxylic acid groups (broad SMARTS) is 1. The zero-order chi connectivity index (χ0) is 18.4. The molecule has 1 unspecified atom stereocenters. The zero-order valence-corrected chi connectivity index (χ0v) is 16.2. The van der Waals surface area contributed by atoms with Crippen molar-refractivity contribution in [2.45, 2.75) is 42.9 Å². The van der Waals surface area contributed by atoms with Crippen molar-refractivity contribution in [3.05, 3.63) is 29.3 Å². The molecule has 0 aromatic heterocycles. The number of hydrogen-bond acceptors (Lipinski definition) is 4. The second-order valence-corrected chi connectivity index (χ2v) is 7.99. The Morgan fingerprint density at radius 1 is 1.36 bits per heavy atom. The topological polar surface area (TPSA) is 60.9 Å². The monoisotopic (exact) mass is 384 g/mol. The van der Waals surface area contributed by atoms with Crippen LogP contribution in [0, 0.1) is 0 Å². The molecule has 2 rings (SSSR count). The third-order valence-electron chi connectivity index (χ3n) is 4.53. The van der Waals surface area contributed by atoms with Crippen LogP contribution in [0.2, 0.25) is 5.02 Å². The molecule has 1 atom stereocenters. The van der Waals surface area contributed by atoms with Gasteiger partial charge in [0.2, 0.25) is 5.91 Å². The molecule has 1 aliphatic heterocycles. The van der Waals surface area contributed by atoms with Crippen molar-refractivity contribution in [2.24, 2.45) is 0 Å². The van der Waals surface area contributed by atoms with Crippen molar-refractivity contribution in [1.82, 2.24) is 9.80 Å². The number of amides is 1. The van der Waals surface area contributed by atoms with Gasteiger partial charge in [-0.15, -0.1) is 11.8 Å². The van der Waals surface area contributed by atoms with Crippen LogP contribution in [0.1, 0.15) is 26.7 Å². The van der Waals surface area contributed by atoms with Crippen molar-refractivity contribution in [3.63, 3.8) is 0 Å². The SMILES string of the molecule is CCN(CC(=O)O)C1CCN(C(=O)C(C)Sc2ccccc2Cl)CC1. The fourth-order valence-corrected chi connectivity index (χ4v) is 4.40. The molecule has 138 valence electrons. The summed E-state index contributed by atoms with van der Waals surface area (Å²) in [7, 11) is 0. The number of halogens is 1. The summed E-state index contributed by atoms with van der Waals surface area (Å²) in [6.45, 7) is 6.01. The molecular weight excluding hydrogens is 360 g/mol. The molecule has 1 amide bonds. The van der Waals surface area contributed by atoms with Gasteiger partial charge in [0.05, 0.1) is 16.8 Å². The van der Waals surface area contributed by atoms with E-state index in [1.807, 2.05) is 47.9 Å². The van der Waals surface area contributed by atoms with Gasteiger partial charge in [0.25, 0.3) is 0 Å². The van der Waals surface area contributed by atoms with E-state index in [4.69, 9.17) is 16.7 Å². The van der Waals surface area contributed by atoms with E-state index in [0.717, 1.165) is 17.7 Å². The molecule has 1 aliphatic rings. The normalized spacial score (nSPS) is 16.9. The Balaban J connectivity index is 1.88. The summed E-state index contributed by atoms with van der Waals surface area (Å²) in [5.74, 6) is -0.685. The number of likely N-dealkylation sites (N-methyl/N-ethyl adjacent to an activating group) is 1. The number of rotatable bonds is 7. The number of carbonyl (C=O) groups excluding carboxylic acids is 1. The molecule has 25 heavy (non-hydrogen) atoms. The number of nitrogens with zero attached hydrogens (tertiary/aromatic N) is 2. The van der Waals surface area contributed by atoms with E-state index in [0.29, 0.717) is 24.7 Å². The van der Waals surface area contributed by atoms with Gasteiger partial charge in [-0.1, -0.05) is 30.7 Å². The summed E-state index contributed by atoms with van der Waals surface area (Å²) in [4.78, 5) is 28.4. The van der Waals surface area contributed by atoms with Crippen molar-refractivity contribution < 1.29 is 14.7 Å². The number of carboxylic acids is 1. The number of carbonyl (C=O) groups is 2. The number of aliphatic carboxylic acids is 1. The number of piperidine rings is 1. The van der Waals surface area contributed by atoms with Crippen LogP contribution in [0.5, 0.6) is 0 Å². The molecule has 1 N–H and O–H groups in total. The van der Waals surface area contributed by atoms with Gasteiger partial charge in [-0.3, -0.25) is 14.5 Å². The molecule has 0 saturated carbocycles. The van der Waals surface area contributed by atoms with E-state index in [1.54, 1.807) is 0 Å². The lowest BCUT2D eigenvalue weighted by Crippen LogP contribution is -2.49. The standard InChI is InChI=1S/C18H25ClN2O3S/c1-3-20(12-17(22)23)14-8-10-21(11-9-14)18(24)13(2)25-16-7-5-4-6-15(16)19/h4-7,13-14H,3,8-12H2,1-2H3,(H,22,23). The van der Waals surface area contributed by atoms with E-state index < -0.39 is 5.97 Å². The van der Waals surface area contributed by atoms with Crippen LogP contribution in [0.15, 0.2) is 29.2 Å². The van der Waals surface area contributed by atoms with Crippen LogP contribution >= 0.6 is 23.4 Å². The summed E-state index contributed by atoms with van der Waals surface area (Å²) in [5, 5.41) is 9.47. The quantitative estimate of drug-likeness (QED) is 0.731. The molecule has 0 aliphatic carbocycles. The fourth-order valence-electron chi connectivity index (χ4n) is 3.16. The highest BCUT2D eigenvalue weighted by Gasteiger charge is 2.29. The molecule has 1 saturated heterocycles. The largest absolute Gasteiger partial charge is 0.480 e. The van der Waals surface area contributed by atoms with E-state index in [9.17, 15) is 9.59 Å². The van der Waals surface area contributed by atoms with Crippen molar-refractivity contribution in [3.8, 4) is 0 Å². The second-order valence-electron chi connectivity index (χ2n) is 6.20. The van der Waals surface area contributed by atoms with E-state index in [2.05, 4.69) is 0 Å². The number of likely N-dealkylation sites (tertiary alicyclic amines) is 1. The Kier molecular flexibility index (Phi) is 7.59. The Morgan fingerprint density at radius 2 is 2.00 bits per heavy atom. The Labute approximate surface area is 158 Å². The summed E-state index contributed by atoms with van der Waals surface area (Å²) < 4.78 is 0. The first-order chi connectivity index (χ1) is 11.9. The molecule has 1 aromatic rings. The summed E-state index contributed by atoms with van der Waals surface area (Å²) >= 11 is 7.65. The maximum atomic E-state index is 12.7. The second kappa shape index (κ2) is 9.46. The Morgan fingerprint density at radius 3 is 2.56 bits per heavy atom. The zero-order valence-electron chi connectivity index (χ0n) is 14.7. The number of thioether (sulfide) groups is 1. The van der Waals surface area contributed by atoms with Crippen LogP contribution < -0.4 is 0 Å². The number of hydrogen-bond donors (Lipinski definition) is 1. The fraction of sp³-hybridized carbons (Fsp3) is 0.556.